The largest absolute Gasteiger partial charge is 0.480 e. The molecule has 1 N–H and O–H groups in total. The van der Waals surface area contributed by atoms with Crippen LogP contribution in [0, 0.1) is 6.92 Å². The van der Waals surface area contributed by atoms with E-state index in [1.54, 1.807) is 31.2 Å². The zero-order valence-electron chi connectivity index (χ0n) is 12.0. The quantitative estimate of drug-likeness (QED) is 0.927. The van der Waals surface area contributed by atoms with Crippen molar-refractivity contribution >= 4 is 11.9 Å². The monoisotopic (exact) mass is 301 g/mol. The van der Waals surface area contributed by atoms with Crippen LogP contribution >= 0.6 is 0 Å². The maximum atomic E-state index is 12.4. The van der Waals surface area contributed by atoms with Gasteiger partial charge in [-0.05, 0) is 44.0 Å². The first-order valence-corrected chi connectivity index (χ1v) is 7.01. The molecule has 0 bridgehead atoms. The summed E-state index contributed by atoms with van der Waals surface area (Å²) in [5.41, 5.74) is 1.17. The number of likely N-dealkylation sites (tertiary alicyclic amines) is 1. The predicted octanol–water partition coefficient (Wildman–Crippen LogP) is 1.73. The first-order chi connectivity index (χ1) is 10.6. The van der Waals surface area contributed by atoms with Gasteiger partial charge >= 0.3 is 5.97 Å². The van der Waals surface area contributed by atoms with Crippen LogP contribution in [0.4, 0.5) is 0 Å². The Hall–Kier alpha value is -2.70. The highest BCUT2D eigenvalue weighted by molar-refractivity contribution is 5.97. The van der Waals surface area contributed by atoms with Crippen molar-refractivity contribution in [2.24, 2.45) is 0 Å². The highest BCUT2D eigenvalue weighted by Crippen LogP contribution is 2.22. The van der Waals surface area contributed by atoms with Gasteiger partial charge in [0.1, 0.15) is 6.04 Å². The number of amides is 1. The number of nitrogens with zero attached hydrogens (tertiary/aromatic N) is 3. The van der Waals surface area contributed by atoms with E-state index in [-0.39, 0.29) is 5.91 Å². The molecular weight excluding hydrogens is 286 g/mol. The normalized spacial score (nSPS) is 17.7. The number of hydrogen-bond acceptors (Lipinski definition) is 5. The molecule has 1 fully saturated rings. The zero-order valence-corrected chi connectivity index (χ0v) is 12.0. The van der Waals surface area contributed by atoms with Crippen LogP contribution in [0.2, 0.25) is 0 Å². The molecule has 1 atom stereocenters. The fourth-order valence-electron chi connectivity index (χ4n) is 2.60. The van der Waals surface area contributed by atoms with E-state index in [1.165, 1.54) is 4.90 Å². The lowest BCUT2D eigenvalue weighted by Crippen LogP contribution is -2.40. The van der Waals surface area contributed by atoms with Gasteiger partial charge in [0.05, 0.1) is 0 Å². The summed E-state index contributed by atoms with van der Waals surface area (Å²) in [5.74, 6) is -0.292. The van der Waals surface area contributed by atoms with Crippen molar-refractivity contribution in [2.45, 2.75) is 25.8 Å². The van der Waals surface area contributed by atoms with E-state index in [0.29, 0.717) is 42.2 Å². The summed E-state index contributed by atoms with van der Waals surface area (Å²) in [4.78, 5) is 29.1. The Morgan fingerprint density at radius 2 is 2.05 bits per heavy atom. The smallest absolute Gasteiger partial charge is 0.326 e. The van der Waals surface area contributed by atoms with E-state index in [1.807, 2.05) is 0 Å². The Bertz CT molecular complexity index is 708. The Morgan fingerprint density at radius 3 is 2.64 bits per heavy atom. The minimum Gasteiger partial charge on any atom is -0.480 e. The lowest BCUT2D eigenvalue weighted by Gasteiger charge is -2.21. The average Bonchev–Trinajstić information content (AvgIpc) is 3.15. The highest BCUT2D eigenvalue weighted by Gasteiger charge is 2.34. The van der Waals surface area contributed by atoms with Crippen LogP contribution in [0.15, 0.2) is 28.8 Å². The first-order valence-electron chi connectivity index (χ1n) is 7.01. The fraction of sp³-hybridized carbons (Fsp3) is 0.333. The predicted molar refractivity (Wildman–Crippen MR) is 76.2 cm³/mol. The molecule has 1 aromatic heterocycles. The maximum absolute atomic E-state index is 12.4. The van der Waals surface area contributed by atoms with Gasteiger partial charge in [-0.1, -0.05) is 5.16 Å². The Kier molecular flexibility index (Phi) is 3.62. The fourth-order valence-corrected chi connectivity index (χ4v) is 2.60. The molecule has 22 heavy (non-hydrogen) atoms. The summed E-state index contributed by atoms with van der Waals surface area (Å²) >= 11 is 0. The van der Waals surface area contributed by atoms with Crippen LogP contribution in [0.1, 0.15) is 29.0 Å². The molecule has 0 radical (unpaired) electrons. The second-order valence-corrected chi connectivity index (χ2v) is 5.22. The van der Waals surface area contributed by atoms with E-state index in [2.05, 4.69) is 10.1 Å². The van der Waals surface area contributed by atoms with E-state index in [9.17, 15) is 9.59 Å². The molecule has 0 unspecified atom stereocenters. The van der Waals surface area contributed by atoms with Crippen molar-refractivity contribution in [3.05, 3.63) is 35.7 Å². The molecule has 0 aliphatic carbocycles. The van der Waals surface area contributed by atoms with Crippen LogP contribution < -0.4 is 0 Å². The Labute approximate surface area is 126 Å². The van der Waals surface area contributed by atoms with Crippen LogP contribution in [-0.2, 0) is 4.79 Å². The van der Waals surface area contributed by atoms with Gasteiger partial charge in [0.15, 0.2) is 5.82 Å². The lowest BCUT2D eigenvalue weighted by molar-refractivity contribution is -0.141. The van der Waals surface area contributed by atoms with Gasteiger partial charge in [0.2, 0.25) is 0 Å². The van der Waals surface area contributed by atoms with E-state index >= 15 is 0 Å². The van der Waals surface area contributed by atoms with Crippen molar-refractivity contribution in [1.29, 1.82) is 0 Å². The van der Waals surface area contributed by atoms with Gasteiger partial charge in [0, 0.05) is 17.7 Å². The van der Waals surface area contributed by atoms with E-state index in [0.717, 1.165) is 0 Å². The Balaban J connectivity index is 1.80. The molecule has 1 saturated heterocycles. The summed E-state index contributed by atoms with van der Waals surface area (Å²) in [7, 11) is 0. The van der Waals surface area contributed by atoms with Gasteiger partial charge in [-0.25, -0.2) is 4.79 Å². The number of carboxylic acid groups (broad SMARTS) is 1. The number of aryl methyl sites for hydroxylation is 1. The molecule has 2 heterocycles. The summed E-state index contributed by atoms with van der Waals surface area (Å²) in [6.07, 6.45) is 1.21. The molecule has 0 spiro atoms. The molecule has 7 nitrogen and oxygen atoms in total. The number of carbonyl (C=O) groups excluding carboxylic acids is 1. The van der Waals surface area contributed by atoms with Crippen molar-refractivity contribution in [3.8, 4) is 11.5 Å². The minimum atomic E-state index is -0.955. The topological polar surface area (TPSA) is 96.5 Å². The van der Waals surface area contributed by atoms with Crippen molar-refractivity contribution < 1.29 is 19.2 Å². The summed E-state index contributed by atoms with van der Waals surface area (Å²) < 4.78 is 5.06. The van der Waals surface area contributed by atoms with E-state index in [4.69, 9.17) is 9.63 Å². The molecular formula is C15H15N3O4. The third kappa shape index (κ3) is 2.57. The minimum absolute atomic E-state index is 0.266. The third-order valence-electron chi connectivity index (χ3n) is 3.71. The molecule has 2 aromatic rings. The standard InChI is InChI=1S/C15H15N3O4/c1-9-16-13(22-17-9)10-4-6-11(7-5-10)14(19)18-8-2-3-12(18)15(20)21/h4-7,12H,2-3,8H2,1H3,(H,20,21)/t12-/m0/s1. The number of hydrogen-bond donors (Lipinski definition) is 1. The molecule has 1 amide bonds. The second kappa shape index (κ2) is 5.59. The summed E-state index contributed by atoms with van der Waals surface area (Å²) in [5, 5.41) is 12.9. The molecule has 1 aliphatic heterocycles. The molecule has 114 valence electrons. The van der Waals surface area contributed by atoms with Gasteiger partial charge < -0.3 is 14.5 Å². The van der Waals surface area contributed by atoms with Crippen LogP contribution in [0.25, 0.3) is 11.5 Å². The zero-order chi connectivity index (χ0) is 15.7. The second-order valence-electron chi connectivity index (χ2n) is 5.22. The molecule has 7 heteroatoms. The average molecular weight is 301 g/mol. The molecule has 1 aliphatic rings. The lowest BCUT2D eigenvalue weighted by atomic mass is 10.1. The number of benzene rings is 1. The van der Waals surface area contributed by atoms with Gasteiger partial charge in [-0.3, -0.25) is 4.79 Å². The van der Waals surface area contributed by atoms with Crippen LogP contribution in [0.3, 0.4) is 0 Å². The van der Waals surface area contributed by atoms with Crippen LogP contribution in [0.5, 0.6) is 0 Å². The van der Waals surface area contributed by atoms with Gasteiger partial charge in [0.25, 0.3) is 11.8 Å². The molecule has 3 rings (SSSR count). The molecule has 1 aromatic carbocycles. The summed E-state index contributed by atoms with van der Waals surface area (Å²) in [6.45, 7) is 2.20. The van der Waals surface area contributed by atoms with Gasteiger partial charge in [-0.2, -0.15) is 4.98 Å². The van der Waals surface area contributed by atoms with Crippen molar-refractivity contribution in [2.75, 3.05) is 6.54 Å². The van der Waals surface area contributed by atoms with Crippen molar-refractivity contribution in [3.63, 3.8) is 0 Å². The first kappa shape index (κ1) is 14.2. The van der Waals surface area contributed by atoms with Crippen LogP contribution in [-0.4, -0.2) is 44.6 Å². The number of carboxylic acids is 1. The SMILES string of the molecule is Cc1noc(-c2ccc(C(=O)N3CCC[C@H]3C(=O)O)cc2)n1. The number of aromatic nitrogens is 2. The highest BCUT2D eigenvalue weighted by atomic mass is 16.5. The number of aliphatic carboxylic acids is 1. The van der Waals surface area contributed by atoms with Gasteiger partial charge in [-0.15, -0.1) is 0 Å². The van der Waals surface area contributed by atoms with E-state index < -0.39 is 12.0 Å². The molecule has 0 saturated carbocycles. The number of carbonyl (C=O) groups is 2. The Morgan fingerprint density at radius 1 is 1.32 bits per heavy atom. The number of rotatable bonds is 3. The third-order valence-corrected chi connectivity index (χ3v) is 3.71. The van der Waals surface area contributed by atoms with Crippen molar-refractivity contribution in [1.82, 2.24) is 15.0 Å². The maximum Gasteiger partial charge on any atom is 0.326 e. The summed E-state index contributed by atoms with van der Waals surface area (Å²) in [6, 6.07) is 5.99.